The molecule has 6 nitrogen and oxygen atoms in total. The Morgan fingerprint density at radius 1 is 1.04 bits per heavy atom. The van der Waals surface area contributed by atoms with Gasteiger partial charge in [0, 0.05) is 30.8 Å². The molecule has 0 spiro atoms. The topological polar surface area (TPSA) is 93.2 Å². The van der Waals surface area contributed by atoms with Crippen LogP contribution < -0.4 is 4.72 Å². The van der Waals surface area contributed by atoms with E-state index in [1.54, 1.807) is 6.07 Å². The number of hydrogen-bond acceptors (Lipinski definition) is 5. The molecule has 0 unspecified atom stereocenters. The molecular weight excluding hydrogens is 352 g/mol. The first-order chi connectivity index (χ1) is 12.5. The van der Waals surface area contributed by atoms with Gasteiger partial charge in [-0.05, 0) is 55.0 Å². The number of aryl methyl sites for hydroxylation is 2. The summed E-state index contributed by atoms with van der Waals surface area (Å²) in [7, 11) is -3.96. The van der Waals surface area contributed by atoms with E-state index in [0.717, 1.165) is 25.5 Å². The van der Waals surface area contributed by atoms with Crippen molar-refractivity contribution in [1.82, 2.24) is 9.71 Å². The summed E-state index contributed by atoms with van der Waals surface area (Å²) in [4.78, 5) is 27.9. The molecule has 2 aromatic rings. The number of carbonyl (C=O) groups is 2. The minimum Gasteiger partial charge on any atom is -0.294 e. The fourth-order valence-electron chi connectivity index (χ4n) is 3.04. The number of aromatic nitrogens is 1. The molecule has 7 heteroatoms. The zero-order chi connectivity index (χ0) is 18.6. The summed E-state index contributed by atoms with van der Waals surface area (Å²) in [5.74, 6) is -0.868. The van der Waals surface area contributed by atoms with Crippen molar-refractivity contribution in [1.29, 1.82) is 0 Å². The number of pyridine rings is 1. The molecule has 0 aliphatic heterocycles. The van der Waals surface area contributed by atoms with Crippen LogP contribution in [0.25, 0.3) is 0 Å². The van der Waals surface area contributed by atoms with Crippen LogP contribution in [0.5, 0.6) is 0 Å². The second-order valence-corrected chi connectivity index (χ2v) is 8.01. The van der Waals surface area contributed by atoms with Crippen molar-refractivity contribution in [3.05, 3.63) is 59.4 Å². The number of Topliss-reactive ketones (excluding diaryl/α,β-unsaturated/α-hetero) is 1. The third-order valence-corrected chi connectivity index (χ3v) is 5.80. The maximum absolute atomic E-state index is 12.3. The molecule has 0 radical (unpaired) electrons. The van der Waals surface area contributed by atoms with E-state index in [-0.39, 0.29) is 23.5 Å². The van der Waals surface area contributed by atoms with Crippen molar-refractivity contribution < 1.29 is 18.0 Å². The van der Waals surface area contributed by atoms with Gasteiger partial charge < -0.3 is 0 Å². The summed E-state index contributed by atoms with van der Waals surface area (Å²) in [5, 5.41) is 0. The van der Waals surface area contributed by atoms with E-state index in [0.29, 0.717) is 5.56 Å². The second kappa shape index (κ2) is 7.78. The van der Waals surface area contributed by atoms with Crippen LogP contribution in [0.4, 0.5) is 0 Å². The van der Waals surface area contributed by atoms with Gasteiger partial charge in [-0.15, -0.1) is 0 Å². The lowest BCUT2D eigenvalue weighted by atomic mass is 9.89. The van der Waals surface area contributed by atoms with Gasteiger partial charge in [-0.1, -0.05) is 12.1 Å². The molecule has 26 heavy (non-hydrogen) atoms. The molecule has 1 aliphatic rings. The summed E-state index contributed by atoms with van der Waals surface area (Å²) < 4.78 is 26.1. The summed E-state index contributed by atoms with van der Waals surface area (Å²) in [5.41, 5.74) is 3.06. The third-order valence-electron chi connectivity index (χ3n) is 4.44. The van der Waals surface area contributed by atoms with Crippen LogP contribution in [0.15, 0.2) is 47.6 Å². The number of fused-ring (bicyclic) bond motifs is 1. The number of nitrogens with zero attached hydrogens (tertiary/aromatic N) is 1. The highest BCUT2D eigenvalue weighted by Crippen LogP contribution is 2.23. The number of sulfonamides is 1. The van der Waals surface area contributed by atoms with Crippen LogP contribution in [0.3, 0.4) is 0 Å². The van der Waals surface area contributed by atoms with Crippen LogP contribution in [-0.4, -0.2) is 25.1 Å². The van der Waals surface area contributed by atoms with Crippen molar-refractivity contribution >= 4 is 21.7 Å². The van der Waals surface area contributed by atoms with Crippen LogP contribution in [0.1, 0.15) is 47.2 Å². The van der Waals surface area contributed by atoms with Gasteiger partial charge in [0.05, 0.1) is 0 Å². The predicted octanol–water partition coefficient (Wildman–Crippen LogP) is 2.43. The highest BCUT2D eigenvalue weighted by atomic mass is 32.2. The van der Waals surface area contributed by atoms with Crippen molar-refractivity contribution in [3.8, 4) is 0 Å². The molecule has 1 aliphatic carbocycles. The van der Waals surface area contributed by atoms with Crippen LogP contribution in [0.2, 0.25) is 0 Å². The van der Waals surface area contributed by atoms with Gasteiger partial charge in [0.2, 0.25) is 5.91 Å². The first-order valence-electron chi connectivity index (χ1n) is 8.56. The molecular formula is C19H20N2O4S. The molecule has 1 heterocycles. The zero-order valence-electron chi connectivity index (χ0n) is 14.3. The van der Waals surface area contributed by atoms with Gasteiger partial charge in [0.15, 0.2) is 5.78 Å². The predicted molar refractivity (Wildman–Crippen MR) is 96.2 cm³/mol. The molecule has 1 aromatic carbocycles. The third kappa shape index (κ3) is 4.35. The van der Waals surface area contributed by atoms with Gasteiger partial charge in [-0.3, -0.25) is 14.6 Å². The molecule has 136 valence electrons. The maximum atomic E-state index is 12.3. The van der Waals surface area contributed by atoms with Gasteiger partial charge in [0.25, 0.3) is 10.0 Å². The molecule has 0 atom stereocenters. The fraction of sp³-hybridized carbons (Fsp3) is 0.316. The largest absolute Gasteiger partial charge is 0.294 e. The second-order valence-electron chi connectivity index (χ2n) is 6.33. The molecule has 0 bridgehead atoms. The quantitative estimate of drug-likeness (QED) is 0.786. The number of ketones is 1. The highest BCUT2D eigenvalue weighted by Gasteiger charge is 2.19. The Kier molecular flexibility index (Phi) is 5.46. The van der Waals surface area contributed by atoms with E-state index in [9.17, 15) is 18.0 Å². The van der Waals surface area contributed by atoms with Gasteiger partial charge in [0.1, 0.15) is 4.90 Å². The number of amides is 1. The zero-order valence-corrected chi connectivity index (χ0v) is 15.1. The fourth-order valence-corrected chi connectivity index (χ4v) is 4.02. The Bertz CT molecular complexity index is 924. The molecule has 0 fully saturated rings. The summed E-state index contributed by atoms with van der Waals surface area (Å²) in [6.45, 7) is 0. The van der Waals surface area contributed by atoms with Gasteiger partial charge in [-0.25, -0.2) is 13.1 Å². The molecule has 1 aromatic heterocycles. The van der Waals surface area contributed by atoms with E-state index < -0.39 is 15.9 Å². The minimum atomic E-state index is -3.96. The number of rotatable bonds is 6. The van der Waals surface area contributed by atoms with Crippen molar-refractivity contribution in [2.24, 2.45) is 0 Å². The van der Waals surface area contributed by atoms with Crippen LogP contribution >= 0.6 is 0 Å². The lowest BCUT2D eigenvalue weighted by Crippen LogP contribution is -2.30. The molecule has 3 rings (SSSR count). The van der Waals surface area contributed by atoms with Gasteiger partial charge in [-0.2, -0.15) is 0 Å². The Balaban J connectivity index is 1.58. The lowest BCUT2D eigenvalue weighted by molar-refractivity contribution is -0.119. The van der Waals surface area contributed by atoms with E-state index in [2.05, 4.69) is 4.98 Å². The monoisotopic (exact) mass is 372 g/mol. The Morgan fingerprint density at radius 2 is 1.81 bits per heavy atom. The van der Waals surface area contributed by atoms with Crippen LogP contribution in [-0.2, 0) is 27.7 Å². The molecule has 1 amide bonds. The minimum absolute atomic E-state index is 0.0345. The SMILES string of the molecule is O=C(CCC(=O)c1ccc2c(c1)CCCC2)NS(=O)(=O)c1cccnc1. The smallest absolute Gasteiger partial charge is 0.265 e. The van der Waals surface area contributed by atoms with Gasteiger partial charge >= 0.3 is 0 Å². The number of benzene rings is 1. The van der Waals surface area contributed by atoms with E-state index in [1.165, 1.54) is 35.9 Å². The van der Waals surface area contributed by atoms with Crippen molar-refractivity contribution in [3.63, 3.8) is 0 Å². The average Bonchev–Trinajstić information content (AvgIpc) is 2.66. The number of carbonyl (C=O) groups excluding carboxylic acids is 2. The van der Waals surface area contributed by atoms with Crippen molar-refractivity contribution in [2.75, 3.05) is 0 Å². The molecule has 1 N–H and O–H groups in total. The van der Waals surface area contributed by atoms with E-state index in [1.807, 2.05) is 16.9 Å². The molecule has 0 saturated carbocycles. The van der Waals surface area contributed by atoms with Crippen LogP contribution in [0, 0.1) is 0 Å². The Morgan fingerprint density at radius 3 is 2.54 bits per heavy atom. The lowest BCUT2D eigenvalue weighted by Gasteiger charge is -2.16. The summed E-state index contributed by atoms with van der Waals surface area (Å²) in [6.07, 6.45) is 6.69. The standard InChI is InChI=1S/C19H20N2O4S/c22-18(16-8-7-14-4-1-2-5-15(14)12-16)9-10-19(23)21-26(24,25)17-6-3-11-20-13-17/h3,6-8,11-13H,1-2,4-5,9-10H2,(H,21,23). The number of hydrogen-bond donors (Lipinski definition) is 1. The Labute approximate surface area is 152 Å². The van der Waals surface area contributed by atoms with E-state index in [4.69, 9.17) is 0 Å². The first-order valence-corrected chi connectivity index (χ1v) is 10.0. The Hall–Kier alpha value is -2.54. The maximum Gasteiger partial charge on any atom is 0.265 e. The summed E-state index contributed by atoms with van der Waals surface area (Å²) in [6, 6.07) is 8.49. The first kappa shape index (κ1) is 18.3. The van der Waals surface area contributed by atoms with Crippen molar-refractivity contribution in [2.45, 2.75) is 43.4 Å². The normalized spacial score (nSPS) is 13.7. The summed E-state index contributed by atoms with van der Waals surface area (Å²) >= 11 is 0. The number of nitrogens with one attached hydrogen (secondary N) is 1. The molecule has 0 saturated heterocycles. The van der Waals surface area contributed by atoms with E-state index >= 15 is 0 Å². The average molecular weight is 372 g/mol. The highest BCUT2D eigenvalue weighted by molar-refractivity contribution is 7.90.